The van der Waals surface area contributed by atoms with Crippen LogP contribution in [0.2, 0.25) is 0 Å². The average molecular weight is 400 g/mol. The van der Waals surface area contributed by atoms with E-state index in [0.29, 0.717) is 13.2 Å². The van der Waals surface area contributed by atoms with Crippen LogP contribution in [0.3, 0.4) is 0 Å². The lowest BCUT2D eigenvalue weighted by atomic mass is 10.2. The van der Waals surface area contributed by atoms with Crippen molar-refractivity contribution in [1.82, 2.24) is 0 Å². The molecule has 0 spiro atoms. The van der Waals surface area contributed by atoms with Crippen LogP contribution in [0.1, 0.15) is 11.1 Å². The Kier molecular flexibility index (Phi) is 7.75. The summed E-state index contributed by atoms with van der Waals surface area (Å²) in [4.78, 5) is 0. The fourth-order valence-corrected chi connectivity index (χ4v) is 2.57. The molecule has 0 radical (unpaired) electrons. The number of aromatic hydroxyl groups is 2. The Hall–Kier alpha value is -3.92. The SMILES string of the molecule is Oc1ccc(OCc2ccccc2)cc1.Oc1ccc(OCc2ccccc2)cc1. The zero-order chi connectivity index (χ0) is 21.0. The van der Waals surface area contributed by atoms with Gasteiger partial charge in [-0.25, -0.2) is 0 Å². The molecule has 0 amide bonds. The molecule has 30 heavy (non-hydrogen) atoms. The number of hydrogen-bond donors (Lipinski definition) is 2. The Morgan fingerprint density at radius 1 is 0.433 bits per heavy atom. The Labute approximate surface area is 176 Å². The lowest BCUT2D eigenvalue weighted by Gasteiger charge is -2.05. The monoisotopic (exact) mass is 400 g/mol. The van der Waals surface area contributed by atoms with Gasteiger partial charge < -0.3 is 19.7 Å². The Morgan fingerprint density at radius 3 is 1.10 bits per heavy atom. The predicted molar refractivity (Wildman–Crippen MR) is 118 cm³/mol. The van der Waals surface area contributed by atoms with Gasteiger partial charge in [0.1, 0.15) is 36.2 Å². The highest BCUT2D eigenvalue weighted by Gasteiger charge is 1.96. The summed E-state index contributed by atoms with van der Waals surface area (Å²) < 4.78 is 11.1. The minimum absolute atomic E-state index is 0.252. The molecule has 0 bridgehead atoms. The van der Waals surface area contributed by atoms with Crippen molar-refractivity contribution >= 4 is 0 Å². The van der Waals surface area contributed by atoms with E-state index in [1.165, 1.54) is 0 Å². The Balaban J connectivity index is 0.000000171. The molecule has 4 aromatic rings. The molecular formula is C26H24O4. The van der Waals surface area contributed by atoms with E-state index in [9.17, 15) is 0 Å². The van der Waals surface area contributed by atoms with Gasteiger partial charge in [-0.1, -0.05) is 60.7 Å². The maximum Gasteiger partial charge on any atom is 0.120 e. The van der Waals surface area contributed by atoms with E-state index in [-0.39, 0.29) is 11.5 Å². The molecule has 2 N–H and O–H groups in total. The minimum Gasteiger partial charge on any atom is -0.508 e. The molecule has 0 aromatic heterocycles. The number of phenolic OH excluding ortho intramolecular Hbond substituents is 2. The van der Waals surface area contributed by atoms with Crippen molar-refractivity contribution in [3.63, 3.8) is 0 Å². The topological polar surface area (TPSA) is 58.9 Å². The van der Waals surface area contributed by atoms with Crippen LogP contribution >= 0.6 is 0 Å². The summed E-state index contributed by atoms with van der Waals surface area (Å²) in [6, 6.07) is 33.4. The van der Waals surface area contributed by atoms with Crippen molar-refractivity contribution in [3.8, 4) is 23.0 Å². The molecule has 0 aliphatic carbocycles. The van der Waals surface area contributed by atoms with Crippen LogP contribution in [-0.2, 0) is 13.2 Å². The predicted octanol–water partition coefficient (Wildman–Crippen LogP) is 5.94. The van der Waals surface area contributed by atoms with Gasteiger partial charge in [0.2, 0.25) is 0 Å². The molecular weight excluding hydrogens is 376 g/mol. The molecule has 152 valence electrons. The maximum atomic E-state index is 9.09. The molecule has 0 aliphatic rings. The smallest absolute Gasteiger partial charge is 0.120 e. The molecule has 0 heterocycles. The van der Waals surface area contributed by atoms with E-state index >= 15 is 0 Å². The van der Waals surface area contributed by atoms with E-state index in [1.807, 2.05) is 60.7 Å². The van der Waals surface area contributed by atoms with Crippen molar-refractivity contribution in [1.29, 1.82) is 0 Å². The van der Waals surface area contributed by atoms with Gasteiger partial charge in [0.05, 0.1) is 0 Å². The molecule has 4 heteroatoms. The molecule has 0 aliphatic heterocycles. The molecule has 4 aromatic carbocycles. The average Bonchev–Trinajstić information content (AvgIpc) is 2.80. The van der Waals surface area contributed by atoms with Crippen molar-refractivity contribution in [3.05, 3.63) is 120 Å². The van der Waals surface area contributed by atoms with Crippen molar-refractivity contribution in [2.24, 2.45) is 0 Å². The molecule has 0 fully saturated rings. The number of ether oxygens (including phenoxy) is 2. The first-order valence-electron chi connectivity index (χ1n) is 9.60. The lowest BCUT2D eigenvalue weighted by Crippen LogP contribution is -1.94. The second-order valence-corrected chi connectivity index (χ2v) is 6.54. The Bertz CT molecular complexity index is 898. The number of hydrogen-bond acceptors (Lipinski definition) is 4. The van der Waals surface area contributed by atoms with E-state index in [1.54, 1.807) is 48.5 Å². The van der Waals surface area contributed by atoms with Crippen molar-refractivity contribution < 1.29 is 19.7 Å². The molecule has 0 saturated carbocycles. The van der Waals surface area contributed by atoms with Gasteiger partial charge in [-0.05, 0) is 59.7 Å². The van der Waals surface area contributed by atoms with E-state index < -0.39 is 0 Å². The molecule has 0 unspecified atom stereocenters. The van der Waals surface area contributed by atoms with Gasteiger partial charge in [-0.3, -0.25) is 0 Å². The summed E-state index contributed by atoms with van der Waals surface area (Å²) in [6.45, 7) is 1.09. The van der Waals surface area contributed by atoms with Crippen LogP contribution in [-0.4, -0.2) is 10.2 Å². The summed E-state index contributed by atoms with van der Waals surface area (Å²) in [6.07, 6.45) is 0. The summed E-state index contributed by atoms with van der Waals surface area (Å²) in [5.41, 5.74) is 2.26. The summed E-state index contributed by atoms with van der Waals surface area (Å²) in [7, 11) is 0. The molecule has 0 atom stereocenters. The van der Waals surface area contributed by atoms with Gasteiger partial charge in [-0.15, -0.1) is 0 Å². The Morgan fingerprint density at radius 2 is 0.767 bits per heavy atom. The van der Waals surface area contributed by atoms with Crippen LogP contribution in [0.15, 0.2) is 109 Å². The summed E-state index contributed by atoms with van der Waals surface area (Å²) >= 11 is 0. The number of phenols is 2. The fourth-order valence-electron chi connectivity index (χ4n) is 2.57. The van der Waals surface area contributed by atoms with Crippen LogP contribution < -0.4 is 9.47 Å². The third-order valence-electron chi connectivity index (χ3n) is 4.17. The van der Waals surface area contributed by atoms with Crippen LogP contribution in [0, 0.1) is 0 Å². The van der Waals surface area contributed by atoms with E-state index in [2.05, 4.69) is 0 Å². The first-order chi connectivity index (χ1) is 14.7. The highest BCUT2D eigenvalue weighted by Crippen LogP contribution is 2.18. The van der Waals surface area contributed by atoms with Gasteiger partial charge in [0.15, 0.2) is 0 Å². The second-order valence-electron chi connectivity index (χ2n) is 6.54. The van der Waals surface area contributed by atoms with E-state index in [4.69, 9.17) is 19.7 Å². The standard InChI is InChI=1S/2C13H12O2/c2*14-12-6-8-13(9-7-12)15-10-11-4-2-1-3-5-11/h2*1-9,14H,10H2. The number of benzene rings is 4. The minimum atomic E-state index is 0.252. The molecule has 4 nitrogen and oxygen atoms in total. The third-order valence-corrected chi connectivity index (χ3v) is 4.17. The van der Waals surface area contributed by atoms with Crippen molar-refractivity contribution in [2.45, 2.75) is 13.2 Å². The van der Waals surface area contributed by atoms with Crippen LogP contribution in [0.5, 0.6) is 23.0 Å². The lowest BCUT2D eigenvalue weighted by molar-refractivity contribution is 0.305. The third kappa shape index (κ3) is 7.24. The first-order valence-corrected chi connectivity index (χ1v) is 9.60. The summed E-state index contributed by atoms with van der Waals surface area (Å²) in [5, 5.41) is 18.2. The molecule has 4 rings (SSSR count). The fraction of sp³-hybridized carbons (Fsp3) is 0.0769. The summed E-state index contributed by atoms with van der Waals surface area (Å²) in [5.74, 6) is 2.03. The number of rotatable bonds is 6. The first kappa shape index (κ1) is 20.8. The van der Waals surface area contributed by atoms with Gasteiger partial charge in [0, 0.05) is 0 Å². The van der Waals surface area contributed by atoms with Gasteiger partial charge in [0.25, 0.3) is 0 Å². The highest BCUT2D eigenvalue weighted by molar-refractivity contribution is 5.31. The highest BCUT2D eigenvalue weighted by atomic mass is 16.5. The normalized spacial score (nSPS) is 9.87. The quantitative estimate of drug-likeness (QED) is 0.420. The van der Waals surface area contributed by atoms with Gasteiger partial charge >= 0.3 is 0 Å². The van der Waals surface area contributed by atoms with Gasteiger partial charge in [-0.2, -0.15) is 0 Å². The van der Waals surface area contributed by atoms with Crippen LogP contribution in [0.4, 0.5) is 0 Å². The van der Waals surface area contributed by atoms with Crippen molar-refractivity contribution in [2.75, 3.05) is 0 Å². The zero-order valence-corrected chi connectivity index (χ0v) is 16.5. The van der Waals surface area contributed by atoms with E-state index in [0.717, 1.165) is 22.6 Å². The largest absolute Gasteiger partial charge is 0.508 e. The molecule has 0 saturated heterocycles. The maximum absolute atomic E-state index is 9.09. The van der Waals surface area contributed by atoms with Crippen LogP contribution in [0.25, 0.3) is 0 Å². The second kappa shape index (κ2) is 11.2. The zero-order valence-electron chi connectivity index (χ0n) is 16.5.